The van der Waals surface area contributed by atoms with Crippen LogP contribution in [-0.2, 0) is 14.4 Å². The van der Waals surface area contributed by atoms with E-state index >= 15 is 0 Å². The van der Waals surface area contributed by atoms with E-state index in [-0.39, 0.29) is 11.4 Å². The van der Waals surface area contributed by atoms with Crippen LogP contribution in [0.15, 0.2) is 10.3 Å². The highest BCUT2D eigenvalue weighted by atomic mass is 16.6. The summed E-state index contributed by atoms with van der Waals surface area (Å²) in [5.41, 5.74) is -0.762. The van der Waals surface area contributed by atoms with Gasteiger partial charge in [-0.3, -0.25) is 0 Å². The van der Waals surface area contributed by atoms with Crippen LogP contribution in [0.1, 0.15) is 27.7 Å². The fraction of sp³-hybridized carbons (Fsp3) is 0.667. The molecule has 0 saturated carbocycles. The number of nitrogens with zero attached hydrogens (tertiary/aromatic N) is 2. The van der Waals surface area contributed by atoms with Crippen LogP contribution in [-0.4, -0.2) is 35.3 Å². The predicted octanol–water partition coefficient (Wildman–Crippen LogP) is 1.18. The number of hydrogen-bond acceptors (Lipinski definition) is 6. The van der Waals surface area contributed by atoms with Crippen LogP contribution in [0.4, 0.5) is 0 Å². The Morgan fingerprint density at radius 1 is 1.33 bits per heavy atom. The molecule has 0 aliphatic heterocycles. The van der Waals surface area contributed by atoms with Crippen molar-refractivity contribution in [1.82, 2.24) is 0 Å². The number of hydrogen-bond donors (Lipinski definition) is 1. The normalized spacial score (nSPS) is 13.7. The highest BCUT2D eigenvalue weighted by molar-refractivity contribution is 6.65. The summed E-state index contributed by atoms with van der Waals surface area (Å²) < 4.78 is 5.03. The first-order valence-corrected chi connectivity index (χ1v) is 4.35. The van der Waals surface area contributed by atoms with Crippen molar-refractivity contribution in [2.45, 2.75) is 33.3 Å². The summed E-state index contributed by atoms with van der Waals surface area (Å²) in [4.78, 5) is 16.0. The van der Waals surface area contributed by atoms with Crippen molar-refractivity contribution in [2.24, 2.45) is 10.3 Å². The molecule has 0 spiro atoms. The molecule has 15 heavy (non-hydrogen) atoms. The first-order chi connectivity index (χ1) is 6.81. The van der Waals surface area contributed by atoms with E-state index in [0.717, 1.165) is 0 Å². The number of esters is 1. The van der Waals surface area contributed by atoms with Gasteiger partial charge in [-0.2, -0.15) is 0 Å². The molecule has 86 valence electrons. The maximum Gasteiger partial charge on any atom is 0.362 e. The highest BCUT2D eigenvalue weighted by Gasteiger charge is 2.24. The molecule has 0 unspecified atom stereocenters. The summed E-state index contributed by atoms with van der Waals surface area (Å²) >= 11 is 0. The second-order valence-electron chi connectivity index (χ2n) is 3.81. The largest absolute Gasteiger partial charge is 0.455 e. The molecule has 0 rings (SSSR count). The molecule has 0 radical (unpaired) electrons. The van der Waals surface area contributed by atoms with Crippen LogP contribution < -0.4 is 0 Å². The minimum atomic E-state index is -0.695. The molecule has 0 bridgehead atoms. The van der Waals surface area contributed by atoms with E-state index in [4.69, 9.17) is 9.94 Å². The summed E-state index contributed by atoms with van der Waals surface area (Å²) in [6.45, 7) is 6.59. The molecule has 0 fully saturated rings. The van der Waals surface area contributed by atoms with Gasteiger partial charge in [0.1, 0.15) is 18.4 Å². The predicted molar refractivity (Wildman–Crippen MR) is 55.2 cm³/mol. The molecule has 0 heterocycles. The van der Waals surface area contributed by atoms with Gasteiger partial charge in [-0.05, 0) is 27.7 Å². The fourth-order valence-electron chi connectivity index (χ4n) is 0.716. The van der Waals surface area contributed by atoms with Crippen LogP contribution in [0.3, 0.4) is 0 Å². The zero-order valence-corrected chi connectivity index (χ0v) is 9.57. The monoisotopic (exact) mass is 216 g/mol. The Kier molecular flexibility index (Phi) is 4.77. The van der Waals surface area contributed by atoms with Gasteiger partial charge >= 0.3 is 5.97 Å². The Hall–Kier alpha value is -1.59. The van der Waals surface area contributed by atoms with Crippen molar-refractivity contribution in [3.05, 3.63) is 0 Å². The van der Waals surface area contributed by atoms with Crippen LogP contribution in [0.2, 0.25) is 0 Å². The number of rotatable bonds is 3. The fourth-order valence-corrected chi connectivity index (χ4v) is 0.716. The van der Waals surface area contributed by atoms with Gasteiger partial charge in [-0.15, -0.1) is 0 Å². The molecular weight excluding hydrogens is 200 g/mol. The Morgan fingerprint density at radius 3 is 2.20 bits per heavy atom. The summed E-state index contributed by atoms with van der Waals surface area (Å²) in [7, 11) is 1.29. The van der Waals surface area contributed by atoms with Crippen LogP contribution in [0.5, 0.6) is 0 Å². The van der Waals surface area contributed by atoms with Gasteiger partial charge < -0.3 is 14.8 Å². The quantitative estimate of drug-likeness (QED) is 0.332. The lowest BCUT2D eigenvalue weighted by molar-refractivity contribution is -0.146. The SMILES string of the molecule is CON=C(C(=O)OC(C)(C)C)C(C)=NO. The maximum absolute atomic E-state index is 11.5. The second kappa shape index (κ2) is 5.33. The van der Waals surface area contributed by atoms with Gasteiger partial charge in [0, 0.05) is 0 Å². The molecule has 6 heteroatoms. The van der Waals surface area contributed by atoms with Crippen molar-refractivity contribution in [2.75, 3.05) is 7.11 Å². The highest BCUT2D eigenvalue weighted by Crippen LogP contribution is 2.08. The first-order valence-electron chi connectivity index (χ1n) is 4.35. The van der Waals surface area contributed by atoms with Crippen LogP contribution >= 0.6 is 0 Å². The number of oxime groups is 2. The van der Waals surface area contributed by atoms with Crippen molar-refractivity contribution >= 4 is 17.4 Å². The molecule has 0 aliphatic carbocycles. The third kappa shape index (κ3) is 4.99. The van der Waals surface area contributed by atoms with Gasteiger partial charge in [0.2, 0.25) is 5.71 Å². The van der Waals surface area contributed by atoms with E-state index in [0.29, 0.717) is 0 Å². The topological polar surface area (TPSA) is 80.5 Å². The van der Waals surface area contributed by atoms with E-state index in [9.17, 15) is 4.79 Å². The first kappa shape index (κ1) is 13.4. The molecule has 0 aliphatic rings. The van der Waals surface area contributed by atoms with Crippen molar-refractivity contribution < 1.29 is 19.6 Å². The Labute approximate surface area is 88.5 Å². The zero-order valence-electron chi connectivity index (χ0n) is 9.57. The summed E-state index contributed by atoms with van der Waals surface area (Å²) in [5, 5.41) is 14.8. The van der Waals surface area contributed by atoms with Gasteiger partial charge in [-0.25, -0.2) is 4.79 Å². The van der Waals surface area contributed by atoms with Gasteiger partial charge in [0.25, 0.3) is 0 Å². The zero-order chi connectivity index (χ0) is 12.1. The second-order valence-corrected chi connectivity index (χ2v) is 3.81. The molecular formula is C9H16N2O4. The van der Waals surface area contributed by atoms with E-state index in [1.165, 1.54) is 14.0 Å². The lowest BCUT2D eigenvalue weighted by atomic mass is 10.2. The van der Waals surface area contributed by atoms with E-state index < -0.39 is 11.6 Å². The van der Waals surface area contributed by atoms with Crippen molar-refractivity contribution in [3.8, 4) is 0 Å². The molecule has 0 atom stereocenters. The van der Waals surface area contributed by atoms with Crippen molar-refractivity contribution in [1.29, 1.82) is 0 Å². The molecule has 0 saturated heterocycles. The van der Waals surface area contributed by atoms with Gasteiger partial charge in [-0.1, -0.05) is 10.3 Å². The molecule has 0 aromatic heterocycles. The number of carbonyl (C=O) groups excluding carboxylic acids is 1. The standard InChI is InChI=1S/C9H16N2O4/c1-6(10-13)7(11-14-5)8(12)15-9(2,3)4/h13H,1-5H3. The molecule has 0 aromatic carbocycles. The Balaban J connectivity index is 4.82. The van der Waals surface area contributed by atoms with E-state index in [1.54, 1.807) is 20.8 Å². The van der Waals surface area contributed by atoms with E-state index in [2.05, 4.69) is 15.1 Å². The molecule has 0 aromatic rings. The minimum absolute atomic E-state index is 0.0334. The molecule has 0 amide bonds. The average Bonchev–Trinajstić information content (AvgIpc) is 2.10. The maximum atomic E-state index is 11.5. The summed E-state index contributed by atoms with van der Waals surface area (Å²) in [6.07, 6.45) is 0. The van der Waals surface area contributed by atoms with Crippen LogP contribution in [0, 0.1) is 0 Å². The Morgan fingerprint density at radius 2 is 1.87 bits per heavy atom. The van der Waals surface area contributed by atoms with Gasteiger partial charge in [0.15, 0.2) is 0 Å². The Bertz CT molecular complexity index is 289. The average molecular weight is 216 g/mol. The third-order valence-corrected chi connectivity index (χ3v) is 1.27. The number of ether oxygens (including phenoxy) is 1. The molecule has 1 N–H and O–H groups in total. The lowest BCUT2D eigenvalue weighted by Gasteiger charge is -2.19. The van der Waals surface area contributed by atoms with E-state index in [1.807, 2.05) is 0 Å². The molecule has 6 nitrogen and oxygen atoms in total. The third-order valence-electron chi connectivity index (χ3n) is 1.27. The smallest absolute Gasteiger partial charge is 0.362 e. The van der Waals surface area contributed by atoms with Gasteiger partial charge in [0.05, 0.1) is 0 Å². The number of carbonyl (C=O) groups is 1. The summed E-state index contributed by atoms with van der Waals surface area (Å²) in [6, 6.07) is 0. The minimum Gasteiger partial charge on any atom is -0.455 e. The summed E-state index contributed by atoms with van der Waals surface area (Å²) in [5.74, 6) is -0.695. The lowest BCUT2D eigenvalue weighted by Crippen LogP contribution is -2.32. The van der Waals surface area contributed by atoms with Crippen molar-refractivity contribution in [3.63, 3.8) is 0 Å². The van der Waals surface area contributed by atoms with Crippen LogP contribution in [0.25, 0.3) is 0 Å².